The molecule has 24 aromatic carbocycles. The van der Waals surface area contributed by atoms with E-state index in [1.54, 1.807) is 23.5 Å². The fourth-order valence-corrected chi connectivity index (χ4v) is 26.5. The van der Waals surface area contributed by atoms with Gasteiger partial charge in [-0.15, -0.1) is 0 Å². The van der Waals surface area contributed by atoms with Gasteiger partial charge in [0.25, 0.3) is 0 Å². The van der Waals surface area contributed by atoms with Crippen molar-refractivity contribution in [3.8, 4) is 147 Å². The molecule has 0 saturated heterocycles. The summed E-state index contributed by atoms with van der Waals surface area (Å²) in [6.45, 7) is 0. The Morgan fingerprint density at radius 3 is 0.680 bits per heavy atom. The number of aromatic nitrogens is 7. The molecular formula is C137H83N7OS5. The highest BCUT2D eigenvalue weighted by Gasteiger charge is 2.27. The zero-order chi connectivity index (χ0) is 99.1. The molecule has 27 aromatic rings. The molecule has 0 amide bonds. The van der Waals surface area contributed by atoms with E-state index in [4.69, 9.17) is 39.6 Å². The third-order valence-corrected chi connectivity index (χ3v) is 34.7. The second-order valence-electron chi connectivity index (χ2n) is 37.6. The van der Waals surface area contributed by atoms with Crippen molar-refractivity contribution in [1.29, 1.82) is 0 Å². The first-order chi connectivity index (χ1) is 74.2. The molecule has 6 heterocycles. The van der Waals surface area contributed by atoms with Crippen LogP contribution in [0.1, 0.15) is 0 Å². The molecule has 8 nitrogen and oxygen atoms in total. The van der Waals surface area contributed by atoms with Gasteiger partial charge >= 0.3 is 0 Å². The van der Waals surface area contributed by atoms with Crippen LogP contribution in [0.15, 0.2) is 552 Å². The van der Waals surface area contributed by atoms with Gasteiger partial charge in [-0.2, -0.15) is 0 Å². The number of para-hydroxylation sites is 1. The van der Waals surface area contributed by atoms with Crippen LogP contribution >= 0.6 is 58.8 Å². The van der Waals surface area contributed by atoms with Gasteiger partial charge in [-0.25, -0.2) is 34.9 Å². The van der Waals surface area contributed by atoms with Crippen molar-refractivity contribution in [3.63, 3.8) is 0 Å². The van der Waals surface area contributed by atoms with E-state index in [1.165, 1.54) is 164 Å². The number of ether oxygens (including phenoxy) is 1. The van der Waals surface area contributed by atoms with Crippen LogP contribution in [0.3, 0.4) is 0 Å². The lowest BCUT2D eigenvalue weighted by atomic mass is 9.93. The van der Waals surface area contributed by atoms with E-state index < -0.39 is 0 Å². The maximum atomic E-state index is 6.38. The average molecular weight is 2000 g/mol. The molecule has 0 N–H and O–H groups in total. The summed E-state index contributed by atoms with van der Waals surface area (Å²) in [5, 5.41) is 22.2. The third kappa shape index (κ3) is 17.1. The minimum atomic E-state index is 0.651. The van der Waals surface area contributed by atoms with E-state index in [0.717, 1.165) is 99.7 Å². The molecule has 0 unspecified atom stereocenters. The highest BCUT2D eigenvalue weighted by atomic mass is 32.2. The van der Waals surface area contributed by atoms with Gasteiger partial charge < -0.3 is 4.74 Å². The lowest BCUT2D eigenvalue weighted by molar-refractivity contribution is 0.455. The molecule has 0 fully saturated rings. The molecule has 3 aliphatic rings. The quantitative estimate of drug-likeness (QED) is 0.109. The van der Waals surface area contributed by atoms with Crippen molar-refractivity contribution >= 4 is 156 Å². The Balaban J connectivity index is 0.000000108. The third-order valence-electron chi connectivity index (χ3n) is 28.5. The van der Waals surface area contributed by atoms with Crippen LogP contribution in [-0.2, 0) is 0 Å². The van der Waals surface area contributed by atoms with Gasteiger partial charge in [-0.1, -0.05) is 453 Å². The smallest absolute Gasteiger partial charge is 0.164 e. The highest BCUT2D eigenvalue weighted by molar-refractivity contribution is 8.05. The highest BCUT2D eigenvalue weighted by Crippen LogP contribution is 2.54. The molecule has 3 aliphatic heterocycles. The normalized spacial score (nSPS) is 12.2. The summed E-state index contributed by atoms with van der Waals surface area (Å²) in [7, 11) is 0. The van der Waals surface area contributed by atoms with Crippen molar-refractivity contribution < 1.29 is 4.74 Å². The molecule has 702 valence electrons. The van der Waals surface area contributed by atoms with Crippen molar-refractivity contribution in [2.24, 2.45) is 0 Å². The second-order valence-corrected chi connectivity index (χ2v) is 43.0. The Morgan fingerprint density at radius 1 is 0.113 bits per heavy atom. The minimum Gasteiger partial charge on any atom is -0.455 e. The van der Waals surface area contributed by atoms with Crippen LogP contribution in [0.4, 0.5) is 0 Å². The van der Waals surface area contributed by atoms with Crippen LogP contribution in [-0.4, -0.2) is 34.9 Å². The largest absolute Gasteiger partial charge is 0.455 e. The van der Waals surface area contributed by atoms with Crippen LogP contribution in [0.25, 0.3) is 232 Å². The Hall–Kier alpha value is -17.7. The van der Waals surface area contributed by atoms with Crippen molar-refractivity contribution in [2.75, 3.05) is 0 Å². The van der Waals surface area contributed by atoms with Gasteiger partial charge in [-0.05, 0) is 240 Å². The lowest BCUT2D eigenvalue weighted by Gasteiger charge is -2.20. The summed E-state index contributed by atoms with van der Waals surface area (Å²) in [5.41, 5.74) is 19.6. The molecular weight excluding hydrogens is 1920 g/mol. The molecule has 0 aliphatic carbocycles. The van der Waals surface area contributed by atoms with Gasteiger partial charge in [0, 0.05) is 89.2 Å². The van der Waals surface area contributed by atoms with E-state index in [0.29, 0.717) is 29.1 Å². The molecule has 0 atom stereocenters. The Kier molecular flexibility index (Phi) is 23.2. The molecule has 150 heavy (non-hydrogen) atoms. The SMILES string of the molecule is c1ccc(-c2ccc(-c3cc(-c4ccc5c(c4)Oc4ccccc4S5)nc(-c4ccc5c6ccccc6c6ccccc6c5c4)n3)cc2)cc1.c1ccc(-c2ccc(-c3cc(-c4ccc5c(c4)Sc4ccccc4S5)nc(-c4ccc5c6ccccc6c6ccccc6c5c4)n3)cc2)cc1.c1ccc(-c2ccc(-c3nc(-c4ccc5c(c4)Sc4ccccc4S5)nc(-c4ccc5c6ccccc6c6ccccc6c5c4)n3)cc2)cc1. The number of benzene rings is 24. The summed E-state index contributed by atoms with van der Waals surface area (Å²) < 4.78 is 6.38. The van der Waals surface area contributed by atoms with Crippen molar-refractivity contribution in [1.82, 2.24) is 34.9 Å². The summed E-state index contributed by atoms with van der Waals surface area (Å²) in [6, 6.07) is 179. The molecule has 3 aromatic heterocycles. The number of fused-ring (bicyclic) bond motifs is 24. The minimum absolute atomic E-state index is 0.651. The average Bonchev–Trinajstić information content (AvgIpc) is 0.747. The Labute approximate surface area is 887 Å². The lowest BCUT2D eigenvalue weighted by Crippen LogP contribution is -2.01. The van der Waals surface area contributed by atoms with Gasteiger partial charge in [0.15, 0.2) is 29.1 Å². The van der Waals surface area contributed by atoms with Gasteiger partial charge in [-0.3, -0.25) is 0 Å². The molecule has 0 bridgehead atoms. The second kappa shape index (κ2) is 38.6. The number of nitrogens with zero attached hydrogens (tertiary/aromatic N) is 7. The summed E-state index contributed by atoms with van der Waals surface area (Å²) in [5.74, 6) is 5.08. The van der Waals surface area contributed by atoms with Crippen LogP contribution < -0.4 is 4.74 Å². The topological polar surface area (TPSA) is 99.5 Å². The van der Waals surface area contributed by atoms with Crippen molar-refractivity contribution in [3.05, 3.63) is 504 Å². The first kappa shape index (κ1) is 89.9. The van der Waals surface area contributed by atoms with Gasteiger partial charge in [0.1, 0.15) is 11.5 Å². The fourth-order valence-electron chi connectivity index (χ4n) is 21.1. The van der Waals surface area contributed by atoms with E-state index in [-0.39, 0.29) is 0 Å². The number of hydrogen-bond donors (Lipinski definition) is 0. The van der Waals surface area contributed by atoms with Crippen molar-refractivity contribution in [2.45, 2.75) is 49.0 Å². The summed E-state index contributed by atoms with van der Waals surface area (Å²) >= 11 is 9.01. The first-order valence-electron chi connectivity index (χ1n) is 50.1. The number of hydrogen-bond acceptors (Lipinski definition) is 13. The Bertz CT molecular complexity index is 9080. The molecule has 0 radical (unpaired) electrons. The first-order valence-corrected chi connectivity index (χ1v) is 54.1. The molecule has 30 rings (SSSR count). The van der Waals surface area contributed by atoms with Crippen LogP contribution in [0.5, 0.6) is 11.5 Å². The molecule has 13 heteroatoms. The predicted octanol–water partition coefficient (Wildman–Crippen LogP) is 38.7. The standard InChI is InChI=1S/C46H28N2OS.C46H28N2S2.C45H27N3S2/c1-2-10-29(11-3-1)30-18-20-31(21-19-30)40-28-41(32-23-25-45-43(27-32)49-42-16-8-9-17-44(42)50-45)48-46(47-40)33-22-24-38-36-14-5-4-12-34(36)35-13-6-7-15-37(35)39(38)26-33;1-2-10-29(11-3-1)30-18-20-31(21-19-30)40-28-41(32-23-25-44-45(27-32)50-43-17-9-8-16-42(43)49-44)48-46(47-40)33-22-24-38-36-14-5-4-12-34(36)35-13-6-7-15-37(35)39(38)26-33;1-2-10-28(11-3-1)29-18-20-30(21-19-29)43-46-44(48-45(47-43)32-23-25-41-42(27-32)50-40-17-9-8-16-39(40)49-41)31-22-24-37-35-14-5-4-12-33(35)34-13-6-7-15-36(34)38(37)26-31/h2*1-28H;1-27H. The fraction of sp³-hybridized carbons (Fsp3) is 0. The van der Waals surface area contributed by atoms with E-state index in [9.17, 15) is 0 Å². The maximum Gasteiger partial charge on any atom is 0.164 e. The van der Waals surface area contributed by atoms with E-state index in [2.05, 4.69) is 473 Å². The summed E-state index contributed by atoms with van der Waals surface area (Å²) in [6.07, 6.45) is 0. The van der Waals surface area contributed by atoms with E-state index in [1.807, 2.05) is 65.6 Å². The van der Waals surface area contributed by atoms with Gasteiger partial charge in [0.2, 0.25) is 0 Å². The monoisotopic (exact) mass is 2000 g/mol. The summed E-state index contributed by atoms with van der Waals surface area (Å²) in [4.78, 5) is 48.8. The zero-order valence-corrected chi connectivity index (χ0v) is 84.6. The van der Waals surface area contributed by atoms with Gasteiger partial charge in [0.05, 0.1) is 32.6 Å². The van der Waals surface area contributed by atoms with Crippen LogP contribution in [0, 0.1) is 0 Å². The maximum absolute atomic E-state index is 6.38. The van der Waals surface area contributed by atoms with E-state index >= 15 is 0 Å². The van der Waals surface area contributed by atoms with Crippen LogP contribution in [0.2, 0.25) is 0 Å². The molecule has 0 spiro atoms. The zero-order valence-electron chi connectivity index (χ0n) is 80.5. The predicted molar refractivity (Wildman–Crippen MR) is 627 cm³/mol. The Morgan fingerprint density at radius 2 is 0.320 bits per heavy atom. The number of rotatable bonds is 12. The molecule has 0 saturated carbocycles.